The number of halogens is 3. The van der Waals surface area contributed by atoms with Crippen LogP contribution in [0.2, 0.25) is 5.02 Å². The van der Waals surface area contributed by atoms with Crippen LogP contribution in [-0.4, -0.2) is 20.4 Å². The van der Waals surface area contributed by atoms with Gasteiger partial charge in [0.05, 0.1) is 10.8 Å². The van der Waals surface area contributed by atoms with Crippen LogP contribution >= 0.6 is 27.5 Å². The molecule has 7 heteroatoms. The summed E-state index contributed by atoms with van der Waals surface area (Å²) in [6, 6.07) is 2.03. The van der Waals surface area contributed by atoms with Crippen molar-refractivity contribution < 1.29 is 12.8 Å². The van der Waals surface area contributed by atoms with Crippen LogP contribution in [0.3, 0.4) is 0 Å². The Morgan fingerprint density at radius 2 is 2.12 bits per heavy atom. The monoisotopic (exact) mass is 329 g/mol. The molecule has 0 amide bonds. The van der Waals surface area contributed by atoms with Gasteiger partial charge in [0.1, 0.15) is 15.7 Å². The molecular formula is C9H10BrClFNO2S. The van der Waals surface area contributed by atoms with E-state index >= 15 is 0 Å². The molecule has 0 heterocycles. The highest BCUT2D eigenvalue weighted by atomic mass is 79.9. The molecule has 16 heavy (non-hydrogen) atoms. The normalized spacial score (nSPS) is 13.8. The van der Waals surface area contributed by atoms with Crippen molar-refractivity contribution in [2.24, 2.45) is 5.73 Å². The SMILES string of the molecule is CS(=O)(=O)CC(N)c1ccc(Br)c(Cl)c1F. The summed E-state index contributed by atoms with van der Waals surface area (Å²) >= 11 is 8.73. The van der Waals surface area contributed by atoms with Gasteiger partial charge in [0, 0.05) is 22.3 Å². The van der Waals surface area contributed by atoms with Crippen molar-refractivity contribution in [1.82, 2.24) is 0 Å². The Morgan fingerprint density at radius 1 is 1.56 bits per heavy atom. The lowest BCUT2D eigenvalue weighted by atomic mass is 10.1. The second-order valence-corrected chi connectivity index (χ2v) is 6.88. The second-order valence-electron chi connectivity index (χ2n) is 3.46. The summed E-state index contributed by atoms with van der Waals surface area (Å²) in [5.41, 5.74) is 5.70. The minimum Gasteiger partial charge on any atom is -0.323 e. The first-order valence-electron chi connectivity index (χ1n) is 4.29. The smallest absolute Gasteiger partial charge is 0.149 e. The standard InChI is InChI=1S/C9H10BrClFNO2S/c1-16(14,15)4-7(13)5-2-3-6(10)8(11)9(5)12/h2-3,7H,4,13H2,1H3. The lowest BCUT2D eigenvalue weighted by Gasteiger charge is -2.13. The van der Waals surface area contributed by atoms with Gasteiger partial charge in [-0.2, -0.15) is 0 Å². The topological polar surface area (TPSA) is 60.2 Å². The number of rotatable bonds is 3. The summed E-state index contributed by atoms with van der Waals surface area (Å²) in [5.74, 6) is -1.01. The largest absolute Gasteiger partial charge is 0.323 e. The first-order chi connectivity index (χ1) is 7.22. The van der Waals surface area contributed by atoms with Crippen LogP contribution in [0.4, 0.5) is 4.39 Å². The molecule has 1 aromatic carbocycles. The van der Waals surface area contributed by atoms with E-state index in [1.54, 1.807) is 0 Å². The minimum atomic E-state index is -3.26. The van der Waals surface area contributed by atoms with Crippen molar-refractivity contribution in [2.45, 2.75) is 6.04 Å². The highest BCUT2D eigenvalue weighted by molar-refractivity contribution is 9.10. The average Bonchev–Trinajstić information content (AvgIpc) is 2.11. The van der Waals surface area contributed by atoms with Gasteiger partial charge in [0.15, 0.2) is 0 Å². The number of sulfone groups is 1. The minimum absolute atomic E-state index is 0.0959. The molecule has 0 saturated carbocycles. The number of hydrogen-bond acceptors (Lipinski definition) is 3. The van der Waals surface area contributed by atoms with E-state index in [-0.39, 0.29) is 16.3 Å². The Hall–Kier alpha value is -0.170. The summed E-state index contributed by atoms with van der Waals surface area (Å²) < 4.78 is 36.1. The van der Waals surface area contributed by atoms with Crippen molar-refractivity contribution >= 4 is 37.4 Å². The Balaban J connectivity index is 3.10. The summed E-state index contributed by atoms with van der Waals surface area (Å²) in [7, 11) is -3.26. The third-order valence-corrected chi connectivity index (χ3v) is 4.17. The highest BCUT2D eigenvalue weighted by Crippen LogP contribution is 2.30. The molecule has 3 nitrogen and oxygen atoms in total. The molecule has 0 radical (unpaired) electrons. The molecule has 1 rings (SSSR count). The molecule has 0 saturated heterocycles. The maximum atomic E-state index is 13.7. The number of benzene rings is 1. The van der Waals surface area contributed by atoms with Crippen molar-refractivity contribution in [3.05, 3.63) is 33.0 Å². The molecule has 0 aliphatic carbocycles. The molecule has 0 bridgehead atoms. The predicted octanol–water partition coefficient (Wildman–Crippen LogP) is 2.29. The van der Waals surface area contributed by atoms with Gasteiger partial charge in [0.2, 0.25) is 0 Å². The van der Waals surface area contributed by atoms with Gasteiger partial charge in [-0.1, -0.05) is 17.7 Å². The third-order valence-electron chi connectivity index (χ3n) is 1.95. The van der Waals surface area contributed by atoms with Gasteiger partial charge in [-0.15, -0.1) is 0 Å². The number of hydrogen-bond donors (Lipinski definition) is 1. The molecule has 0 fully saturated rings. The van der Waals surface area contributed by atoms with Crippen molar-refractivity contribution in [3.8, 4) is 0 Å². The van der Waals surface area contributed by atoms with Crippen LogP contribution in [0.1, 0.15) is 11.6 Å². The molecule has 0 spiro atoms. The Labute approximate surface area is 107 Å². The zero-order valence-corrected chi connectivity index (χ0v) is 11.5. The lowest BCUT2D eigenvalue weighted by Crippen LogP contribution is -2.22. The average molecular weight is 331 g/mol. The van der Waals surface area contributed by atoms with Gasteiger partial charge >= 0.3 is 0 Å². The van der Waals surface area contributed by atoms with Gasteiger partial charge < -0.3 is 5.73 Å². The van der Waals surface area contributed by atoms with Gasteiger partial charge in [0.25, 0.3) is 0 Å². The molecule has 1 unspecified atom stereocenters. The maximum Gasteiger partial charge on any atom is 0.149 e. The van der Waals surface area contributed by atoms with Crippen LogP contribution in [0.15, 0.2) is 16.6 Å². The van der Waals surface area contributed by atoms with E-state index in [0.717, 1.165) is 6.26 Å². The maximum absolute atomic E-state index is 13.7. The quantitative estimate of drug-likeness (QED) is 0.865. The zero-order valence-electron chi connectivity index (χ0n) is 8.38. The van der Waals surface area contributed by atoms with Crippen molar-refractivity contribution in [1.29, 1.82) is 0 Å². The van der Waals surface area contributed by atoms with E-state index in [2.05, 4.69) is 15.9 Å². The Kier molecular flexibility index (Phi) is 4.34. The molecule has 0 aromatic heterocycles. The van der Waals surface area contributed by atoms with Gasteiger partial charge in [-0.25, -0.2) is 12.8 Å². The van der Waals surface area contributed by atoms with Crippen molar-refractivity contribution in [2.75, 3.05) is 12.0 Å². The summed E-state index contributed by atoms with van der Waals surface area (Å²) in [6.45, 7) is 0. The zero-order chi connectivity index (χ0) is 12.5. The Morgan fingerprint density at radius 3 is 2.62 bits per heavy atom. The van der Waals surface area contributed by atoms with E-state index in [0.29, 0.717) is 4.47 Å². The van der Waals surface area contributed by atoms with E-state index in [4.69, 9.17) is 17.3 Å². The fourth-order valence-corrected chi connectivity index (χ4v) is 2.55. The molecule has 90 valence electrons. The van der Waals surface area contributed by atoms with E-state index in [9.17, 15) is 12.8 Å². The molecule has 1 atom stereocenters. The van der Waals surface area contributed by atoms with Crippen LogP contribution in [-0.2, 0) is 9.84 Å². The molecule has 0 aliphatic rings. The summed E-state index contributed by atoms with van der Waals surface area (Å²) in [4.78, 5) is 0. The lowest BCUT2D eigenvalue weighted by molar-refractivity contribution is 0.578. The van der Waals surface area contributed by atoms with Crippen LogP contribution in [0, 0.1) is 5.82 Å². The van der Waals surface area contributed by atoms with Crippen molar-refractivity contribution in [3.63, 3.8) is 0 Å². The van der Waals surface area contributed by atoms with Gasteiger partial charge in [-0.3, -0.25) is 0 Å². The highest BCUT2D eigenvalue weighted by Gasteiger charge is 2.19. The molecular weight excluding hydrogens is 321 g/mol. The van der Waals surface area contributed by atoms with Crippen LogP contribution < -0.4 is 5.73 Å². The first-order valence-corrected chi connectivity index (χ1v) is 7.52. The second kappa shape index (κ2) is 5.00. The third kappa shape index (κ3) is 3.41. The fraction of sp³-hybridized carbons (Fsp3) is 0.333. The predicted molar refractivity (Wildman–Crippen MR) is 65.7 cm³/mol. The first kappa shape index (κ1) is 13.9. The molecule has 1 aromatic rings. The summed E-state index contributed by atoms with van der Waals surface area (Å²) in [5, 5.41) is -0.0959. The van der Waals surface area contributed by atoms with Crippen LogP contribution in [0.25, 0.3) is 0 Å². The Bertz CT molecular complexity index is 506. The molecule has 2 N–H and O–H groups in total. The van der Waals surface area contributed by atoms with Crippen LogP contribution in [0.5, 0.6) is 0 Å². The van der Waals surface area contributed by atoms with Gasteiger partial charge in [-0.05, 0) is 22.0 Å². The molecule has 0 aliphatic heterocycles. The van der Waals surface area contributed by atoms with E-state index < -0.39 is 21.7 Å². The number of nitrogens with two attached hydrogens (primary N) is 1. The summed E-state index contributed by atoms with van der Waals surface area (Å²) in [6.07, 6.45) is 1.05. The van der Waals surface area contributed by atoms with E-state index in [1.807, 2.05) is 0 Å². The van der Waals surface area contributed by atoms with E-state index in [1.165, 1.54) is 12.1 Å². The fourth-order valence-electron chi connectivity index (χ4n) is 1.24.